The van der Waals surface area contributed by atoms with Gasteiger partial charge in [0.2, 0.25) is 5.91 Å². The van der Waals surface area contributed by atoms with Crippen molar-refractivity contribution in [1.29, 1.82) is 0 Å². The van der Waals surface area contributed by atoms with E-state index < -0.39 is 17.5 Å². The van der Waals surface area contributed by atoms with Crippen molar-refractivity contribution in [2.24, 2.45) is 0 Å². The molecule has 10 nitrogen and oxygen atoms in total. The fourth-order valence-corrected chi connectivity index (χ4v) is 6.02. The van der Waals surface area contributed by atoms with Gasteiger partial charge < -0.3 is 30.1 Å². The first-order valence-electron chi connectivity index (χ1n) is 14.2. The number of amides is 1. The molecular formula is C30H34F2N6O4S. The van der Waals surface area contributed by atoms with Gasteiger partial charge in [-0.05, 0) is 50.4 Å². The summed E-state index contributed by atoms with van der Waals surface area (Å²) in [5, 5.41) is 16.2. The number of anilines is 3. The number of carbonyl (C=O) groups is 1. The van der Waals surface area contributed by atoms with E-state index in [1.165, 1.54) is 36.6 Å². The second-order valence-corrected chi connectivity index (χ2v) is 11.4. The Balaban J connectivity index is 1.20. The summed E-state index contributed by atoms with van der Waals surface area (Å²) in [5.41, 5.74) is 0.567. The molecule has 4 aromatic rings. The predicted molar refractivity (Wildman–Crippen MR) is 161 cm³/mol. The second kappa shape index (κ2) is 14.5. The average Bonchev–Trinajstić information content (AvgIpc) is 3.43. The molecule has 1 aliphatic heterocycles. The van der Waals surface area contributed by atoms with E-state index in [0.717, 1.165) is 38.4 Å². The number of hydrogen-bond acceptors (Lipinski definition) is 10. The van der Waals surface area contributed by atoms with Crippen LogP contribution in [-0.2, 0) is 11.2 Å². The minimum Gasteiger partial charge on any atom is -0.493 e. The number of fused-ring (bicyclic) bond motifs is 1. The molecule has 2 aromatic heterocycles. The van der Waals surface area contributed by atoms with E-state index >= 15 is 0 Å². The van der Waals surface area contributed by atoms with Gasteiger partial charge >= 0.3 is 0 Å². The van der Waals surface area contributed by atoms with Crippen LogP contribution in [0.3, 0.4) is 0 Å². The van der Waals surface area contributed by atoms with Crippen molar-refractivity contribution >= 4 is 44.8 Å². The lowest BCUT2D eigenvalue weighted by Gasteiger charge is -2.35. The SMILES string of the molecule is COc1cc2c(Nc3ncc(CC(=O)Nc4ccc(F)cc4F)s3)ncnc2cc1OCCCN1CCCCC1CCO. The monoisotopic (exact) mass is 612 g/mol. The van der Waals surface area contributed by atoms with Gasteiger partial charge in [-0.2, -0.15) is 0 Å². The summed E-state index contributed by atoms with van der Waals surface area (Å²) in [6.45, 7) is 2.70. The molecule has 1 saturated heterocycles. The molecule has 2 aromatic carbocycles. The quantitative estimate of drug-likeness (QED) is 0.173. The summed E-state index contributed by atoms with van der Waals surface area (Å²) in [6, 6.07) is 7.05. The number of aromatic nitrogens is 3. The van der Waals surface area contributed by atoms with Crippen LogP contribution in [0, 0.1) is 11.6 Å². The number of aliphatic hydroxyl groups is 1. The Morgan fingerprint density at radius 3 is 2.86 bits per heavy atom. The molecule has 0 saturated carbocycles. The standard InChI is InChI=1S/C30H34F2N6O4S/c1-41-26-15-22-25(16-27(26)42-12-4-10-38-9-3-2-5-20(38)8-11-39)34-18-35-29(22)37-30-33-17-21(43-30)14-28(40)36-24-7-6-19(31)13-23(24)32/h6-7,13,15-18,20,39H,2-5,8-12,14H2,1H3,(H,36,40)(H,33,34,35,37). The van der Waals surface area contributed by atoms with Gasteiger partial charge in [-0.1, -0.05) is 6.42 Å². The van der Waals surface area contributed by atoms with E-state index in [4.69, 9.17) is 9.47 Å². The summed E-state index contributed by atoms with van der Waals surface area (Å²) in [6.07, 6.45) is 8.16. The van der Waals surface area contributed by atoms with Crippen molar-refractivity contribution in [2.45, 2.75) is 44.6 Å². The zero-order chi connectivity index (χ0) is 30.2. The van der Waals surface area contributed by atoms with Crippen LogP contribution in [0.5, 0.6) is 11.5 Å². The lowest BCUT2D eigenvalue weighted by Crippen LogP contribution is -2.40. The smallest absolute Gasteiger partial charge is 0.229 e. The zero-order valence-electron chi connectivity index (χ0n) is 23.8. The van der Waals surface area contributed by atoms with Gasteiger partial charge in [0.15, 0.2) is 16.6 Å². The lowest BCUT2D eigenvalue weighted by atomic mass is 9.99. The van der Waals surface area contributed by atoms with Crippen molar-refractivity contribution in [3.8, 4) is 11.5 Å². The van der Waals surface area contributed by atoms with Crippen molar-refractivity contribution in [1.82, 2.24) is 19.9 Å². The van der Waals surface area contributed by atoms with Gasteiger partial charge in [-0.3, -0.25) is 4.79 Å². The van der Waals surface area contributed by atoms with E-state index in [0.29, 0.717) is 56.9 Å². The molecule has 0 radical (unpaired) electrons. The van der Waals surface area contributed by atoms with Crippen LogP contribution in [0.4, 0.5) is 25.4 Å². The van der Waals surface area contributed by atoms with E-state index in [1.807, 2.05) is 12.1 Å². The Morgan fingerprint density at radius 2 is 2.05 bits per heavy atom. The number of nitrogens with one attached hydrogen (secondary N) is 2. The fraction of sp³-hybridized carbons (Fsp3) is 0.400. The van der Waals surface area contributed by atoms with E-state index in [1.54, 1.807) is 13.3 Å². The molecule has 3 N–H and O–H groups in total. The summed E-state index contributed by atoms with van der Waals surface area (Å²) in [4.78, 5) is 28.6. The van der Waals surface area contributed by atoms with Gasteiger partial charge in [0.25, 0.3) is 0 Å². The summed E-state index contributed by atoms with van der Waals surface area (Å²) in [5.74, 6) is -0.371. The number of piperidine rings is 1. The largest absolute Gasteiger partial charge is 0.493 e. The minimum absolute atomic E-state index is 0.0327. The fourth-order valence-electron chi connectivity index (χ4n) is 5.21. The number of methoxy groups -OCH3 is 1. The molecule has 5 rings (SSSR count). The highest BCUT2D eigenvalue weighted by Gasteiger charge is 2.21. The van der Waals surface area contributed by atoms with E-state index in [-0.39, 0.29) is 18.7 Å². The van der Waals surface area contributed by atoms with Crippen LogP contribution in [0.25, 0.3) is 10.9 Å². The molecule has 1 fully saturated rings. The molecule has 228 valence electrons. The summed E-state index contributed by atoms with van der Waals surface area (Å²) < 4.78 is 38.7. The van der Waals surface area contributed by atoms with Crippen molar-refractivity contribution in [3.05, 3.63) is 59.4 Å². The normalized spacial score (nSPS) is 15.4. The van der Waals surface area contributed by atoms with Crippen molar-refractivity contribution in [2.75, 3.05) is 44.0 Å². The average molecular weight is 613 g/mol. The Bertz CT molecular complexity index is 1550. The second-order valence-electron chi connectivity index (χ2n) is 10.2. The number of halogens is 2. The third kappa shape index (κ3) is 7.92. The third-order valence-corrected chi connectivity index (χ3v) is 8.21. The molecule has 13 heteroatoms. The summed E-state index contributed by atoms with van der Waals surface area (Å²) in [7, 11) is 1.58. The molecule has 1 aliphatic rings. The topological polar surface area (TPSA) is 122 Å². The molecule has 43 heavy (non-hydrogen) atoms. The Labute approximate surface area is 252 Å². The molecular weight excluding hydrogens is 578 g/mol. The first kappa shape index (κ1) is 30.5. The van der Waals surface area contributed by atoms with Crippen LogP contribution < -0.4 is 20.1 Å². The number of carbonyl (C=O) groups excluding carboxylic acids is 1. The van der Waals surface area contributed by atoms with Crippen LogP contribution in [0.2, 0.25) is 0 Å². The minimum atomic E-state index is -0.843. The maximum Gasteiger partial charge on any atom is 0.229 e. The Hall–Kier alpha value is -3.94. The third-order valence-electron chi connectivity index (χ3n) is 7.30. The number of aliphatic hydroxyl groups excluding tert-OH is 1. The Kier molecular flexibility index (Phi) is 10.3. The van der Waals surface area contributed by atoms with E-state index in [9.17, 15) is 18.7 Å². The molecule has 0 spiro atoms. The number of rotatable bonds is 13. The highest BCUT2D eigenvalue weighted by Crippen LogP contribution is 2.35. The molecule has 0 aliphatic carbocycles. The number of thiazole rings is 1. The van der Waals surface area contributed by atoms with Gasteiger partial charge in [-0.25, -0.2) is 23.7 Å². The first-order chi connectivity index (χ1) is 20.9. The molecule has 1 unspecified atom stereocenters. The number of benzene rings is 2. The number of ether oxygens (including phenoxy) is 2. The summed E-state index contributed by atoms with van der Waals surface area (Å²) >= 11 is 1.25. The maximum atomic E-state index is 13.9. The number of nitrogens with zero attached hydrogens (tertiary/aromatic N) is 4. The van der Waals surface area contributed by atoms with Gasteiger partial charge in [0.05, 0.1) is 31.3 Å². The highest BCUT2D eigenvalue weighted by molar-refractivity contribution is 7.15. The zero-order valence-corrected chi connectivity index (χ0v) is 24.6. The molecule has 1 amide bonds. The van der Waals surface area contributed by atoms with Crippen LogP contribution in [0.15, 0.2) is 42.9 Å². The first-order valence-corrected chi connectivity index (χ1v) is 15.0. The number of hydrogen-bond donors (Lipinski definition) is 3. The lowest BCUT2D eigenvalue weighted by molar-refractivity contribution is -0.115. The number of likely N-dealkylation sites (tertiary alicyclic amines) is 1. The van der Waals surface area contributed by atoms with Gasteiger partial charge in [-0.15, -0.1) is 11.3 Å². The van der Waals surface area contributed by atoms with Crippen LogP contribution in [0.1, 0.15) is 37.0 Å². The Morgan fingerprint density at radius 1 is 1.16 bits per heavy atom. The molecule has 3 heterocycles. The van der Waals surface area contributed by atoms with E-state index in [2.05, 4.69) is 30.5 Å². The molecule has 1 atom stereocenters. The predicted octanol–water partition coefficient (Wildman–Crippen LogP) is 5.30. The molecule has 0 bridgehead atoms. The maximum absolute atomic E-state index is 13.9. The van der Waals surface area contributed by atoms with Crippen molar-refractivity contribution < 1.29 is 28.2 Å². The van der Waals surface area contributed by atoms with Crippen LogP contribution in [-0.4, -0.2) is 70.3 Å². The highest BCUT2D eigenvalue weighted by atomic mass is 32.1. The van der Waals surface area contributed by atoms with Gasteiger partial charge in [0.1, 0.15) is 23.8 Å². The van der Waals surface area contributed by atoms with Crippen LogP contribution >= 0.6 is 11.3 Å². The van der Waals surface area contributed by atoms with Crippen molar-refractivity contribution in [3.63, 3.8) is 0 Å². The van der Waals surface area contributed by atoms with Gasteiger partial charge in [0, 0.05) is 47.8 Å².